The van der Waals surface area contributed by atoms with Gasteiger partial charge in [-0.1, -0.05) is 39.8 Å². The average molecular weight is 281 g/mol. The van der Waals surface area contributed by atoms with Crippen LogP contribution in [-0.4, -0.2) is 12.6 Å². The molecule has 112 valence electrons. The van der Waals surface area contributed by atoms with Crippen molar-refractivity contribution in [2.75, 3.05) is 12.3 Å². The van der Waals surface area contributed by atoms with Gasteiger partial charge in [-0.3, -0.25) is 4.79 Å². The first-order chi connectivity index (χ1) is 9.20. The van der Waals surface area contributed by atoms with Crippen LogP contribution in [-0.2, 0) is 9.53 Å². The van der Waals surface area contributed by atoms with E-state index in [1.807, 2.05) is 27.7 Å². The van der Waals surface area contributed by atoms with Crippen molar-refractivity contribution >= 4 is 11.7 Å². The summed E-state index contributed by atoms with van der Waals surface area (Å²) in [6.45, 7) is 10.1. The highest BCUT2D eigenvalue weighted by Gasteiger charge is 2.36. The topological polar surface area (TPSA) is 52.3 Å². The van der Waals surface area contributed by atoms with E-state index in [2.05, 4.69) is 0 Å². The molecule has 1 rings (SSSR count). The number of esters is 1. The van der Waals surface area contributed by atoms with Crippen LogP contribution in [0.3, 0.4) is 0 Å². The van der Waals surface area contributed by atoms with E-state index >= 15 is 0 Å². The molecule has 0 spiro atoms. The lowest BCUT2D eigenvalue weighted by Crippen LogP contribution is -2.31. The summed E-state index contributed by atoms with van der Waals surface area (Å²) in [6.07, 6.45) is 0. The molecule has 20 heavy (non-hydrogen) atoms. The maximum atomic E-state index is 13.7. The summed E-state index contributed by atoms with van der Waals surface area (Å²) >= 11 is 0. The highest BCUT2D eigenvalue weighted by molar-refractivity contribution is 5.81. The van der Waals surface area contributed by atoms with Crippen molar-refractivity contribution < 1.29 is 13.9 Å². The number of anilines is 1. The van der Waals surface area contributed by atoms with E-state index in [1.165, 1.54) is 6.07 Å². The number of ether oxygens (including phenoxy) is 1. The first-order valence-electron chi connectivity index (χ1n) is 6.90. The summed E-state index contributed by atoms with van der Waals surface area (Å²) in [4.78, 5) is 12.3. The number of hydrogen-bond donors (Lipinski definition) is 1. The van der Waals surface area contributed by atoms with Gasteiger partial charge in [0.15, 0.2) is 0 Å². The van der Waals surface area contributed by atoms with Crippen molar-refractivity contribution in [2.24, 2.45) is 11.3 Å². The van der Waals surface area contributed by atoms with Crippen molar-refractivity contribution in [2.45, 2.75) is 40.5 Å². The van der Waals surface area contributed by atoms with Gasteiger partial charge in [-0.05, 0) is 29.9 Å². The highest BCUT2D eigenvalue weighted by atomic mass is 19.1. The molecule has 0 bridgehead atoms. The van der Waals surface area contributed by atoms with Crippen molar-refractivity contribution in [3.63, 3.8) is 0 Å². The molecule has 0 aromatic heterocycles. The summed E-state index contributed by atoms with van der Waals surface area (Å²) in [5, 5.41) is 0. The molecule has 2 atom stereocenters. The number of benzene rings is 1. The predicted molar refractivity (Wildman–Crippen MR) is 78.8 cm³/mol. The van der Waals surface area contributed by atoms with E-state index in [1.54, 1.807) is 19.1 Å². The molecule has 0 radical (unpaired) electrons. The average Bonchev–Trinajstić information content (AvgIpc) is 2.34. The summed E-state index contributed by atoms with van der Waals surface area (Å²) in [6, 6.07) is 4.56. The van der Waals surface area contributed by atoms with Crippen LogP contribution < -0.4 is 5.73 Å². The minimum atomic E-state index is -0.564. The largest absolute Gasteiger partial charge is 0.466 e. The normalized spacial score (nSPS) is 14.7. The van der Waals surface area contributed by atoms with Crippen LogP contribution in [0.2, 0.25) is 0 Å². The lowest BCUT2D eigenvalue weighted by molar-refractivity contribution is -0.147. The van der Waals surface area contributed by atoms with Gasteiger partial charge in [-0.2, -0.15) is 0 Å². The molecule has 2 unspecified atom stereocenters. The second-order valence-electron chi connectivity index (χ2n) is 6.13. The Balaban J connectivity index is 3.30. The van der Waals surface area contributed by atoms with E-state index < -0.39 is 11.7 Å². The lowest BCUT2D eigenvalue weighted by atomic mass is 9.71. The van der Waals surface area contributed by atoms with Gasteiger partial charge >= 0.3 is 5.97 Å². The molecule has 0 aliphatic carbocycles. The maximum absolute atomic E-state index is 13.7. The number of rotatable bonds is 4. The lowest BCUT2D eigenvalue weighted by Gasteiger charge is -2.33. The third-order valence-electron chi connectivity index (χ3n) is 3.83. The second kappa shape index (κ2) is 6.25. The molecule has 1 aromatic carbocycles. The number of nitrogens with two attached hydrogens (primary N) is 1. The molecular weight excluding hydrogens is 257 g/mol. The minimum Gasteiger partial charge on any atom is -0.466 e. The highest BCUT2D eigenvalue weighted by Crippen LogP contribution is 2.40. The second-order valence-corrected chi connectivity index (χ2v) is 6.13. The van der Waals surface area contributed by atoms with Crippen molar-refractivity contribution in [3.8, 4) is 0 Å². The Morgan fingerprint density at radius 1 is 1.40 bits per heavy atom. The zero-order valence-electron chi connectivity index (χ0n) is 12.9. The maximum Gasteiger partial charge on any atom is 0.313 e. The quantitative estimate of drug-likeness (QED) is 0.675. The van der Waals surface area contributed by atoms with Gasteiger partial charge in [-0.15, -0.1) is 0 Å². The van der Waals surface area contributed by atoms with E-state index in [0.29, 0.717) is 12.2 Å². The molecule has 4 heteroatoms. The van der Waals surface area contributed by atoms with E-state index in [9.17, 15) is 9.18 Å². The number of hydrogen-bond acceptors (Lipinski definition) is 3. The molecule has 0 fully saturated rings. The summed E-state index contributed by atoms with van der Waals surface area (Å²) in [5.41, 5.74) is 6.22. The van der Waals surface area contributed by atoms with Crippen LogP contribution in [0.25, 0.3) is 0 Å². The summed E-state index contributed by atoms with van der Waals surface area (Å²) in [7, 11) is 0. The Bertz CT molecular complexity index is 480. The Hall–Kier alpha value is -1.58. The van der Waals surface area contributed by atoms with Crippen LogP contribution in [0, 0.1) is 17.2 Å². The smallest absolute Gasteiger partial charge is 0.313 e. The Morgan fingerprint density at radius 3 is 2.50 bits per heavy atom. The van der Waals surface area contributed by atoms with E-state index in [0.717, 1.165) is 0 Å². The van der Waals surface area contributed by atoms with Gasteiger partial charge in [0.25, 0.3) is 0 Å². The molecule has 0 saturated heterocycles. The number of para-hydroxylation sites is 1. The number of halogens is 1. The SMILES string of the molecule is CCOC(=O)C(c1cccc(F)c1N)C(C)C(C)(C)C. The molecule has 0 aliphatic heterocycles. The third-order valence-corrected chi connectivity index (χ3v) is 3.83. The molecule has 2 N–H and O–H groups in total. The van der Waals surface area contributed by atoms with Crippen LogP contribution in [0.15, 0.2) is 18.2 Å². The van der Waals surface area contributed by atoms with Gasteiger partial charge in [0.1, 0.15) is 5.82 Å². The first-order valence-corrected chi connectivity index (χ1v) is 6.90. The van der Waals surface area contributed by atoms with E-state index in [-0.39, 0.29) is 23.0 Å². The van der Waals surface area contributed by atoms with Crippen molar-refractivity contribution in [3.05, 3.63) is 29.6 Å². The Labute approximate surface area is 120 Å². The zero-order valence-corrected chi connectivity index (χ0v) is 12.9. The molecular formula is C16H24FNO2. The predicted octanol–water partition coefficient (Wildman–Crippen LogP) is 3.74. The number of carbonyl (C=O) groups excluding carboxylic acids is 1. The Kier molecular flexibility index (Phi) is 5.15. The fourth-order valence-corrected chi connectivity index (χ4v) is 2.16. The fraction of sp³-hybridized carbons (Fsp3) is 0.562. The van der Waals surface area contributed by atoms with Crippen LogP contribution >= 0.6 is 0 Å². The van der Waals surface area contributed by atoms with Crippen LogP contribution in [0.4, 0.5) is 10.1 Å². The number of nitrogen functional groups attached to an aromatic ring is 1. The molecule has 3 nitrogen and oxygen atoms in total. The molecule has 0 heterocycles. The monoisotopic (exact) mass is 281 g/mol. The first kappa shape index (κ1) is 16.5. The molecule has 0 aliphatic rings. The third kappa shape index (κ3) is 3.50. The van der Waals surface area contributed by atoms with Crippen LogP contribution in [0.1, 0.15) is 46.1 Å². The summed E-state index contributed by atoms with van der Waals surface area (Å²) < 4.78 is 18.8. The fourth-order valence-electron chi connectivity index (χ4n) is 2.16. The summed E-state index contributed by atoms with van der Waals surface area (Å²) in [5.74, 6) is -1.46. The molecule has 1 aromatic rings. The van der Waals surface area contributed by atoms with Gasteiger partial charge < -0.3 is 10.5 Å². The zero-order chi connectivity index (χ0) is 15.5. The van der Waals surface area contributed by atoms with Crippen LogP contribution in [0.5, 0.6) is 0 Å². The van der Waals surface area contributed by atoms with E-state index in [4.69, 9.17) is 10.5 Å². The van der Waals surface area contributed by atoms with Gasteiger partial charge in [0.05, 0.1) is 18.2 Å². The molecule has 0 saturated carbocycles. The van der Waals surface area contributed by atoms with Gasteiger partial charge in [-0.25, -0.2) is 4.39 Å². The Morgan fingerprint density at radius 2 is 2.00 bits per heavy atom. The van der Waals surface area contributed by atoms with Crippen molar-refractivity contribution in [1.82, 2.24) is 0 Å². The number of carbonyl (C=O) groups is 1. The van der Waals surface area contributed by atoms with Gasteiger partial charge in [0, 0.05) is 0 Å². The minimum absolute atomic E-state index is 0.0293. The van der Waals surface area contributed by atoms with Gasteiger partial charge in [0.2, 0.25) is 0 Å². The van der Waals surface area contributed by atoms with Crippen molar-refractivity contribution in [1.29, 1.82) is 0 Å². The molecule has 0 amide bonds. The standard InChI is InChI=1S/C16H24FNO2/c1-6-20-15(19)13(10(2)16(3,4)5)11-8-7-9-12(17)14(11)18/h7-10,13H,6,18H2,1-5H3.